The Morgan fingerprint density at radius 1 is 1.14 bits per heavy atom. The van der Waals surface area contributed by atoms with Crippen molar-refractivity contribution in [2.45, 2.75) is 26.7 Å². The van der Waals surface area contributed by atoms with E-state index in [4.69, 9.17) is 0 Å². The second kappa shape index (κ2) is 8.60. The van der Waals surface area contributed by atoms with Crippen LogP contribution in [0.25, 0.3) is 0 Å². The molecule has 156 valence electrons. The third-order valence-electron chi connectivity index (χ3n) is 5.37. The van der Waals surface area contributed by atoms with E-state index >= 15 is 0 Å². The molecule has 9 nitrogen and oxygen atoms in total. The fourth-order valence-electron chi connectivity index (χ4n) is 3.83. The van der Waals surface area contributed by atoms with Crippen molar-refractivity contribution in [1.82, 2.24) is 19.2 Å². The summed E-state index contributed by atoms with van der Waals surface area (Å²) in [6, 6.07) is 1.95. The van der Waals surface area contributed by atoms with Crippen molar-refractivity contribution in [2.24, 2.45) is 5.92 Å². The Labute approximate surface area is 167 Å². The fourth-order valence-corrected chi connectivity index (χ4v) is 4.71. The molecule has 0 aromatic carbocycles. The molecule has 3 heterocycles. The summed E-state index contributed by atoms with van der Waals surface area (Å²) in [5.74, 6) is 2.51. The highest BCUT2D eigenvalue weighted by Gasteiger charge is 2.32. The lowest BCUT2D eigenvalue weighted by atomic mass is 9.96. The molecule has 2 fully saturated rings. The number of piperidine rings is 1. The molecule has 10 heteroatoms. The lowest BCUT2D eigenvalue weighted by Crippen LogP contribution is -2.52. The topological polar surface area (TPSA) is 98.7 Å². The first-order valence-electron chi connectivity index (χ1n) is 9.86. The zero-order valence-corrected chi connectivity index (χ0v) is 17.7. The maximum atomic E-state index is 12.8. The number of hydrogen-bond donors (Lipinski definition) is 1. The highest BCUT2D eigenvalue weighted by atomic mass is 32.2. The molecule has 1 N–H and O–H groups in total. The smallest absolute Gasteiger partial charge is 0.225 e. The van der Waals surface area contributed by atoms with Crippen molar-refractivity contribution in [3.63, 3.8) is 0 Å². The average Bonchev–Trinajstić information content (AvgIpc) is 2.67. The van der Waals surface area contributed by atoms with Gasteiger partial charge in [0.2, 0.25) is 15.9 Å². The summed E-state index contributed by atoms with van der Waals surface area (Å²) < 4.78 is 24.7. The zero-order valence-electron chi connectivity index (χ0n) is 16.9. The van der Waals surface area contributed by atoms with Gasteiger partial charge in [0, 0.05) is 57.8 Å². The first-order valence-corrected chi connectivity index (χ1v) is 11.7. The van der Waals surface area contributed by atoms with Gasteiger partial charge >= 0.3 is 0 Å². The van der Waals surface area contributed by atoms with Gasteiger partial charge in [-0.2, -0.15) is 0 Å². The minimum Gasteiger partial charge on any atom is -0.370 e. The Morgan fingerprint density at radius 3 is 2.36 bits per heavy atom. The van der Waals surface area contributed by atoms with Gasteiger partial charge in [-0.3, -0.25) is 4.79 Å². The Bertz CT molecular complexity index is 800. The number of carbonyl (C=O) groups is 1. The van der Waals surface area contributed by atoms with Gasteiger partial charge in [0.25, 0.3) is 0 Å². The first-order chi connectivity index (χ1) is 13.3. The number of anilines is 2. The number of nitrogens with zero attached hydrogens (tertiary/aromatic N) is 5. The zero-order chi connectivity index (χ0) is 20.3. The Morgan fingerprint density at radius 2 is 1.79 bits per heavy atom. The summed E-state index contributed by atoms with van der Waals surface area (Å²) in [6.45, 7) is 8.36. The molecule has 28 heavy (non-hydrogen) atoms. The molecule has 2 aliphatic rings. The number of piperazine rings is 1. The van der Waals surface area contributed by atoms with Crippen LogP contribution in [0.5, 0.6) is 0 Å². The van der Waals surface area contributed by atoms with Crippen molar-refractivity contribution < 1.29 is 13.2 Å². The van der Waals surface area contributed by atoms with Crippen LogP contribution in [-0.2, 0) is 14.8 Å². The summed E-state index contributed by atoms with van der Waals surface area (Å²) in [5, 5.41) is 3.22. The number of nitrogens with one attached hydrogen (secondary N) is 1. The minimum absolute atomic E-state index is 0.0776. The fraction of sp³-hybridized carbons (Fsp3) is 0.722. The van der Waals surface area contributed by atoms with Crippen LogP contribution < -0.4 is 10.2 Å². The molecule has 0 spiro atoms. The lowest BCUT2D eigenvalue weighted by molar-refractivity contribution is -0.137. The van der Waals surface area contributed by atoms with E-state index in [0.717, 1.165) is 37.1 Å². The summed E-state index contributed by atoms with van der Waals surface area (Å²) in [5.41, 5.74) is 0. The monoisotopic (exact) mass is 410 g/mol. The van der Waals surface area contributed by atoms with Crippen LogP contribution in [0.1, 0.15) is 25.6 Å². The van der Waals surface area contributed by atoms with E-state index < -0.39 is 10.0 Å². The van der Waals surface area contributed by atoms with Gasteiger partial charge in [-0.15, -0.1) is 0 Å². The number of carbonyl (C=O) groups excluding carboxylic acids is 1. The van der Waals surface area contributed by atoms with E-state index in [1.165, 1.54) is 10.6 Å². The van der Waals surface area contributed by atoms with Crippen molar-refractivity contribution in [2.75, 3.05) is 62.3 Å². The third-order valence-corrected chi connectivity index (χ3v) is 6.67. The number of sulfonamides is 1. The molecule has 0 atom stereocenters. The molecular weight excluding hydrogens is 380 g/mol. The summed E-state index contributed by atoms with van der Waals surface area (Å²) in [7, 11) is -3.16. The van der Waals surface area contributed by atoms with Crippen LogP contribution in [0.2, 0.25) is 0 Å². The Kier molecular flexibility index (Phi) is 6.39. The molecule has 2 saturated heterocycles. The molecule has 1 aromatic heterocycles. The standard InChI is InChI=1S/C18H30N6O3S/c1-4-19-16-13-17(21-14(2)20-16)22-9-11-23(12-10-22)18(25)15-5-7-24(8-6-15)28(3,26)27/h13,15H,4-12H2,1-3H3,(H,19,20,21). The number of amides is 1. The molecule has 1 amide bonds. The third kappa shape index (κ3) is 4.91. The molecule has 3 rings (SSSR count). The normalized spacial score (nSPS) is 19.7. The van der Waals surface area contributed by atoms with E-state index in [2.05, 4.69) is 20.2 Å². The average molecular weight is 411 g/mol. The molecular formula is C18H30N6O3S. The highest BCUT2D eigenvalue weighted by molar-refractivity contribution is 7.88. The van der Waals surface area contributed by atoms with Gasteiger partial charge in [-0.1, -0.05) is 0 Å². The van der Waals surface area contributed by atoms with Gasteiger partial charge in [-0.05, 0) is 26.7 Å². The van der Waals surface area contributed by atoms with E-state index in [-0.39, 0.29) is 11.8 Å². The van der Waals surface area contributed by atoms with E-state index in [1.807, 2.05) is 24.8 Å². The second-order valence-electron chi connectivity index (χ2n) is 7.44. The van der Waals surface area contributed by atoms with E-state index in [0.29, 0.717) is 39.0 Å². The van der Waals surface area contributed by atoms with Crippen molar-refractivity contribution in [3.05, 3.63) is 11.9 Å². The highest BCUT2D eigenvalue weighted by Crippen LogP contribution is 2.23. The number of aromatic nitrogens is 2. The lowest BCUT2D eigenvalue weighted by Gasteiger charge is -2.38. The van der Waals surface area contributed by atoms with E-state index in [1.54, 1.807) is 0 Å². The Hall–Kier alpha value is -1.94. The molecule has 0 bridgehead atoms. The van der Waals surface area contributed by atoms with Crippen LogP contribution in [-0.4, -0.2) is 85.6 Å². The van der Waals surface area contributed by atoms with Gasteiger partial charge in [-0.25, -0.2) is 22.7 Å². The second-order valence-corrected chi connectivity index (χ2v) is 9.42. The predicted molar refractivity (Wildman–Crippen MR) is 109 cm³/mol. The van der Waals surface area contributed by atoms with Crippen LogP contribution in [0.4, 0.5) is 11.6 Å². The molecule has 0 unspecified atom stereocenters. The van der Waals surface area contributed by atoms with Crippen LogP contribution in [0.15, 0.2) is 6.07 Å². The molecule has 2 aliphatic heterocycles. The number of hydrogen-bond acceptors (Lipinski definition) is 7. The van der Waals surface area contributed by atoms with Gasteiger partial charge in [0.1, 0.15) is 17.5 Å². The number of aryl methyl sites for hydroxylation is 1. The quantitative estimate of drug-likeness (QED) is 0.756. The molecule has 1 aromatic rings. The molecule has 0 radical (unpaired) electrons. The predicted octanol–water partition coefficient (Wildman–Crippen LogP) is 0.537. The SMILES string of the molecule is CCNc1cc(N2CCN(C(=O)C3CCN(S(C)(=O)=O)CC3)CC2)nc(C)n1. The van der Waals surface area contributed by atoms with Crippen LogP contribution in [0, 0.1) is 12.8 Å². The minimum atomic E-state index is -3.16. The maximum absolute atomic E-state index is 12.8. The maximum Gasteiger partial charge on any atom is 0.225 e. The molecule has 0 aliphatic carbocycles. The van der Waals surface area contributed by atoms with Gasteiger partial charge in [0.05, 0.1) is 6.26 Å². The van der Waals surface area contributed by atoms with Gasteiger partial charge in [0.15, 0.2) is 0 Å². The van der Waals surface area contributed by atoms with Crippen molar-refractivity contribution in [3.8, 4) is 0 Å². The van der Waals surface area contributed by atoms with Crippen LogP contribution >= 0.6 is 0 Å². The van der Waals surface area contributed by atoms with E-state index in [9.17, 15) is 13.2 Å². The molecule has 0 saturated carbocycles. The van der Waals surface area contributed by atoms with Crippen molar-refractivity contribution >= 4 is 27.6 Å². The number of rotatable bonds is 5. The van der Waals surface area contributed by atoms with Gasteiger partial charge < -0.3 is 15.1 Å². The Balaban J connectivity index is 1.55. The first kappa shape index (κ1) is 20.8. The summed E-state index contributed by atoms with van der Waals surface area (Å²) in [4.78, 5) is 25.9. The van der Waals surface area contributed by atoms with Crippen LogP contribution in [0.3, 0.4) is 0 Å². The summed E-state index contributed by atoms with van der Waals surface area (Å²) in [6.07, 6.45) is 2.43. The van der Waals surface area contributed by atoms with Crippen molar-refractivity contribution in [1.29, 1.82) is 0 Å². The largest absolute Gasteiger partial charge is 0.370 e. The summed E-state index contributed by atoms with van der Waals surface area (Å²) >= 11 is 0.